The fourth-order valence-electron chi connectivity index (χ4n) is 6.31. The zero-order chi connectivity index (χ0) is 23.4. The van der Waals surface area contributed by atoms with Crippen molar-refractivity contribution in [3.8, 4) is 5.75 Å². The van der Waals surface area contributed by atoms with Crippen LogP contribution in [0.2, 0.25) is 0 Å². The number of carbonyl (C=O) groups excluding carboxylic acids is 1. The minimum absolute atomic E-state index is 0.0362. The number of para-hydroxylation sites is 1. The molecule has 2 aromatic rings. The molecule has 5 heterocycles. The molecule has 0 amide bonds. The fourth-order valence-corrected chi connectivity index (χ4v) is 7.21. The van der Waals surface area contributed by atoms with Gasteiger partial charge in [-0.25, -0.2) is 4.79 Å². The molecule has 0 radical (unpaired) electrons. The number of ether oxygens (including phenoxy) is 2. The highest BCUT2D eigenvalue weighted by Crippen LogP contribution is 2.39. The monoisotopic (exact) mass is 483 g/mol. The van der Waals surface area contributed by atoms with Crippen LogP contribution in [0.4, 0.5) is 0 Å². The Morgan fingerprint density at radius 3 is 2.56 bits per heavy atom. The van der Waals surface area contributed by atoms with Gasteiger partial charge in [0.15, 0.2) is 11.6 Å². The first-order chi connectivity index (χ1) is 16.6. The number of esters is 1. The predicted octanol–water partition coefficient (Wildman–Crippen LogP) is 5.07. The van der Waals surface area contributed by atoms with Crippen molar-refractivity contribution >= 4 is 17.3 Å². The van der Waals surface area contributed by atoms with Gasteiger partial charge in [-0.3, -0.25) is 4.90 Å². The van der Waals surface area contributed by atoms with Crippen LogP contribution < -0.4 is 4.74 Å². The molecule has 2 atom stereocenters. The number of quaternary nitrogens is 1. The van der Waals surface area contributed by atoms with Gasteiger partial charge >= 0.3 is 5.97 Å². The highest BCUT2D eigenvalue weighted by Gasteiger charge is 2.50. The van der Waals surface area contributed by atoms with Gasteiger partial charge < -0.3 is 14.0 Å². The van der Waals surface area contributed by atoms with Gasteiger partial charge in [0.25, 0.3) is 0 Å². The highest BCUT2D eigenvalue weighted by molar-refractivity contribution is 7.10. The van der Waals surface area contributed by atoms with Crippen LogP contribution in [0.15, 0.2) is 47.8 Å². The largest absolute Gasteiger partial charge is 0.493 e. The molecule has 184 valence electrons. The molecule has 2 bridgehead atoms. The molecule has 6 rings (SSSR count). The minimum Gasteiger partial charge on any atom is -0.493 e. The standard InChI is InChI=1S/C28H39N2O3S/c1-28(26-12-8-21-34-26,29-15-6-3-7-16-29)27(31)33-25-22-30(18-13-23(25)14-19-30)17-9-20-32-24-10-4-2-5-11-24/h2,4-5,8,10-12,21,23,25H,3,6-7,9,13-20,22H2,1H3/q+1/t23?,25-,28?,30?/m0/s1. The molecule has 6 heteroatoms. The first-order valence-corrected chi connectivity index (χ1v) is 14.0. The van der Waals surface area contributed by atoms with Crippen molar-refractivity contribution in [2.24, 2.45) is 5.92 Å². The van der Waals surface area contributed by atoms with Gasteiger partial charge in [-0.2, -0.15) is 0 Å². The van der Waals surface area contributed by atoms with E-state index in [-0.39, 0.29) is 12.1 Å². The third-order valence-corrected chi connectivity index (χ3v) is 9.56. The Balaban J connectivity index is 1.22. The molecular formula is C28H39N2O3S+. The molecule has 0 aliphatic carbocycles. The van der Waals surface area contributed by atoms with Crippen molar-refractivity contribution in [3.05, 3.63) is 52.7 Å². The number of nitrogens with zero attached hydrogens (tertiary/aromatic N) is 2. The summed E-state index contributed by atoms with van der Waals surface area (Å²) in [6.07, 6.45) is 6.96. The molecule has 4 aliphatic heterocycles. The minimum atomic E-state index is -0.672. The molecule has 1 aromatic carbocycles. The zero-order valence-corrected chi connectivity index (χ0v) is 21.3. The van der Waals surface area contributed by atoms with E-state index in [0.29, 0.717) is 5.92 Å². The quantitative estimate of drug-likeness (QED) is 0.284. The van der Waals surface area contributed by atoms with Gasteiger partial charge in [0.1, 0.15) is 12.3 Å². The number of carbonyl (C=O) groups is 1. The lowest BCUT2D eigenvalue weighted by atomic mass is 9.82. The maximum atomic E-state index is 13.8. The van der Waals surface area contributed by atoms with Gasteiger partial charge in [0.2, 0.25) is 0 Å². The zero-order valence-electron chi connectivity index (χ0n) is 20.5. The highest BCUT2D eigenvalue weighted by atomic mass is 32.1. The number of likely N-dealkylation sites (tertiary alicyclic amines) is 1. The Kier molecular flexibility index (Phi) is 7.28. The number of rotatable bonds is 9. The van der Waals surface area contributed by atoms with E-state index in [1.54, 1.807) is 11.3 Å². The second-order valence-corrected chi connectivity index (χ2v) is 11.5. The first kappa shape index (κ1) is 23.8. The molecular weight excluding hydrogens is 444 g/mol. The Hall–Kier alpha value is -1.89. The van der Waals surface area contributed by atoms with Crippen molar-refractivity contribution < 1.29 is 18.8 Å². The van der Waals surface area contributed by atoms with Gasteiger partial charge in [0.05, 0.1) is 26.2 Å². The number of thiophene rings is 1. The third-order valence-electron chi connectivity index (χ3n) is 8.48. The topological polar surface area (TPSA) is 38.8 Å². The molecule has 0 spiro atoms. The van der Waals surface area contributed by atoms with Crippen LogP contribution in [0.1, 0.15) is 50.3 Å². The summed E-state index contributed by atoms with van der Waals surface area (Å²) in [5.74, 6) is 1.41. The van der Waals surface area contributed by atoms with Crippen LogP contribution in [0.3, 0.4) is 0 Å². The van der Waals surface area contributed by atoms with Crippen LogP contribution in [-0.4, -0.2) is 67.3 Å². The Bertz CT molecular complexity index is 920. The van der Waals surface area contributed by atoms with E-state index in [0.717, 1.165) is 80.0 Å². The first-order valence-electron chi connectivity index (χ1n) is 13.1. The van der Waals surface area contributed by atoms with Crippen LogP contribution in [0, 0.1) is 5.92 Å². The van der Waals surface area contributed by atoms with Crippen molar-refractivity contribution in [2.45, 2.75) is 57.1 Å². The normalized spacial score (nSPS) is 28.9. The molecule has 1 aromatic heterocycles. The summed E-state index contributed by atoms with van der Waals surface area (Å²) in [4.78, 5) is 17.3. The number of fused-ring (bicyclic) bond motifs is 3. The molecule has 0 N–H and O–H groups in total. The third kappa shape index (κ3) is 4.91. The Labute approximate surface area is 208 Å². The molecule has 5 nitrogen and oxygen atoms in total. The van der Waals surface area contributed by atoms with E-state index in [1.165, 1.54) is 19.5 Å². The average molecular weight is 484 g/mol. The van der Waals surface area contributed by atoms with E-state index in [9.17, 15) is 4.79 Å². The van der Waals surface area contributed by atoms with Crippen molar-refractivity contribution in [3.63, 3.8) is 0 Å². The molecule has 4 fully saturated rings. The Morgan fingerprint density at radius 2 is 1.85 bits per heavy atom. The van der Waals surface area contributed by atoms with Gasteiger partial charge in [-0.05, 0) is 56.4 Å². The van der Waals surface area contributed by atoms with Crippen molar-refractivity contribution in [1.29, 1.82) is 0 Å². The number of piperidine rings is 4. The SMILES string of the molecule is CC(C(=O)O[C@H]1C[N+]2(CCCOc3ccccc3)CCC1CC2)(c1cccs1)N1CCCCC1. The molecule has 4 aliphatic rings. The predicted molar refractivity (Wildman–Crippen MR) is 136 cm³/mol. The summed E-state index contributed by atoms with van der Waals surface area (Å²) < 4.78 is 13.5. The van der Waals surface area contributed by atoms with Crippen molar-refractivity contribution in [2.75, 3.05) is 45.9 Å². The molecule has 1 unspecified atom stereocenters. The summed E-state index contributed by atoms with van der Waals surface area (Å²) in [6, 6.07) is 14.2. The summed E-state index contributed by atoms with van der Waals surface area (Å²) >= 11 is 1.68. The van der Waals surface area contributed by atoms with E-state index < -0.39 is 5.54 Å². The lowest BCUT2D eigenvalue weighted by Crippen LogP contribution is -2.65. The lowest BCUT2D eigenvalue weighted by molar-refractivity contribution is -0.946. The fraction of sp³-hybridized carbons (Fsp3) is 0.607. The summed E-state index contributed by atoms with van der Waals surface area (Å²) in [6.45, 7) is 9.25. The lowest BCUT2D eigenvalue weighted by Gasteiger charge is -2.52. The van der Waals surface area contributed by atoms with E-state index in [4.69, 9.17) is 9.47 Å². The average Bonchev–Trinajstić information content (AvgIpc) is 3.44. The van der Waals surface area contributed by atoms with E-state index in [2.05, 4.69) is 29.3 Å². The Morgan fingerprint density at radius 1 is 1.09 bits per heavy atom. The second-order valence-electron chi connectivity index (χ2n) is 10.6. The van der Waals surface area contributed by atoms with Gasteiger partial charge in [-0.15, -0.1) is 11.3 Å². The van der Waals surface area contributed by atoms with Crippen LogP contribution in [-0.2, 0) is 15.1 Å². The van der Waals surface area contributed by atoms with Crippen molar-refractivity contribution in [1.82, 2.24) is 4.90 Å². The summed E-state index contributed by atoms with van der Waals surface area (Å²) in [7, 11) is 0. The summed E-state index contributed by atoms with van der Waals surface area (Å²) in [5, 5.41) is 2.08. The number of hydrogen-bond donors (Lipinski definition) is 0. The maximum absolute atomic E-state index is 13.8. The summed E-state index contributed by atoms with van der Waals surface area (Å²) in [5.41, 5.74) is -0.672. The van der Waals surface area contributed by atoms with E-state index >= 15 is 0 Å². The van der Waals surface area contributed by atoms with E-state index in [1.807, 2.05) is 30.3 Å². The smallest absolute Gasteiger partial charge is 0.332 e. The second kappa shape index (κ2) is 10.4. The van der Waals surface area contributed by atoms with Gasteiger partial charge in [0, 0.05) is 30.1 Å². The maximum Gasteiger partial charge on any atom is 0.332 e. The molecule has 34 heavy (non-hydrogen) atoms. The molecule has 0 saturated carbocycles. The number of benzene rings is 1. The molecule has 4 saturated heterocycles. The van der Waals surface area contributed by atoms with Crippen LogP contribution >= 0.6 is 11.3 Å². The van der Waals surface area contributed by atoms with Crippen LogP contribution in [0.5, 0.6) is 5.75 Å². The van der Waals surface area contributed by atoms with Crippen LogP contribution in [0.25, 0.3) is 0 Å². The van der Waals surface area contributed by atoms with Gasteiger partial charge in [-0.1, -0.05) is 30.7 Å². The number of hydrogen-bond acceptors (Lipinski definition) is 5.